The number of aliphatic hydroxyl groups is 1. The van der Waals surface area contributed by atoms with E-state index < -0.39 is 97.4 Å². The van der Waals surface area contributed by atoms with Crippen molar-refractivity contribution in [3.8, 4) is 16.9 Å². The molecule has 1 aliphatic carbocycles. The highest BCUT2D eigenvalue weighted by Crippen LogP contribution is 2.44. The lowest BCUT2D eigenvalue weighted by atomic mass is 9.98. The molecule has 5 rings (SSSR count). The predicted octanol–water partition coefficient (Wildman–Crippen LogP) is 7.18. The number of ether oxygens (including phenoxy) is 11. The van der Waals surface area contributed by atoms with E-state index in [0.29, 0.717) is 12.8 Å². The number of alkyl carbamates (subject to hydrolysis) is 2. The van der Waals surface area contributed by atoms with Crippen molar-refractivity contribution in [3.63, 3.8) is 0 Å². The zero-order valence-electron chi connectivity index (χ0n) is 45.2. The van der Waals surface area contributed by atoms with E-state index in [1.54, 1.807) is 20.8 Å². The Morgan fingerprint density at radius 2 is 1.23 bits per heavy atom. The summed E-state index contributed by atoms with van der Waals surface area (Å²) in [7, 11) is 0. The Bertz CT molecular complexity index is 2680. The van der Waals surface area contributed by atoms with Gasteiger partial charge in [-0.05, 0) is 80.0 Å². The first-order valence-corrected chi connectivity index (χ1v) is 25.7. The maximum Gasteiger partial charge on any atom is 0.509 e. The van der Waals surface area contributed by atoms with Gasteiger partial charge in [-0.25, -0.2) is 28.8 Å². The van der Waals surface area contributed by atoms with Gasteiger partial charge in [0.25, 0.3) is 0 Å². The van der Waals surface area contributed by atoms with Crippen molar-refractivity contribution in [2.24, 2.45) is 0 Å². The molecule has 81 heavy (non-hydrogen) atoms. The summed E-state index contributed by atoms with van der Waals surface area (Å²) in [6.07, 6.45) is -10.5. The lowest BCUT2D eigenvalue weighted by Gasteiger charge is -2.42. The number of fused-ring (bicyclic) bond motifs is 3. The number of amides is 4. The van der Waals surface area contributed by atoms with E-state index in [0.717, 1.165) is 22.3 Å². The smallest absolute Gasteiger partial charge is 0.459 e. The van der Waals surface area contributed by atoms with Crippen LogP contribution < -0.4 is 26.0 Å². The molecule has 1 saturated heterocycles. The molecule has 3 aromatic carbocycles. The molecule has 436 valence electrons. The summed E-state index contributed by atoms with van der Waals surface area (Å²) in [5.74, 6) is -2.97. The molecule has 1 aliphatic heterocycles. The van der Waals surface area contributed by atoms with Crippen LogP contribution in [0.2, 0.25) is 0 Å². The standard InChI is InChI=1S/C57H68N4O20/c1-8-28-71-50(65)47-45(78-54(68)72-29-9-2)46(79-55(69)73-30-10-3)48(80-56(70)74-31-11-4)51(77-47)76-43-24-23-35(33-62)32-42(43)60-44(63)25-27-58-49(64)41(61-53(67)81-57(5,6)7)22-16-17-26-59-52(66)75-34-40-38-20-14-12-18-36(38)37-19-13-15-21-39(37)40/h8-15,18-21,23-24,32,40-41,45-48,51,62H,1-4,16-17,22,25-31,33-34H2,5-7H3,(H,58,64)(H,59,66)(H,60,63)(H,61,67)/t41-,45-,46-,47-,48+,51+/m0/s1. The maximum atomic E-state index is 13.7. The number of benzene rings is 3. The van der Waals surface area contributed by atoms with E-state index in [9.17, 15) is 43.5 Å². The molecule has 5 N–H and O–H groups in total. The Labute approximate surface area is 468 Å². The number of hydrogen-bond acceptors (Lipinski definition) is 20. The van der Waals surface area contributed by atoms with E-state index in [-0.39, 0.29) is 81.9 Å². The van der Waals surface area contributed by atoms with Crippen molar-refractivity contribution >= 4 is 54.1 Å². The number of hydrogen-bond donors (Lipinski definition) is 5. The molecule has 3 aromatic rings. The molecule has 24 nitrogen and oxygen atoms in total. The molecule has 1 heterocycles. The summed E-state index contributed by atoms with van der Waals surface area (Å²) in [4.78, 5) is 106. The summed E-state index contributed by atoms with van der Waals surface area (Å²) in [5, 5.41) is 20.7. The van der Waals surface area contributed by atoms with Crippen LogP contribution in [0.15, 0.2) is 117 Å². The largest absolute Gasteiger partial charge is 0.509 e. The van der Waals surface area contributed by atoms with Gasteiger partial charge in [0.15, 0.2) is 18.3 Å². The maximum absolute atomic E-state index is 13.7. The fourth-order valence-corrected chi connectivity index (χ4v) is 8.19. The molecule has 0 bridgehead atoms. The van der Waals surface area contributed by atoms with Crippen LogP contribution in [0.1, 0.15) is 69.1 Å². The van der Waals surface area contributed by atoms with Crippen molar-refractivity contribution in [1.82, 2.24) is 16.0 Å². The van der Waals surface area contributed by atoms with E-state index in [1.165, 1.54) is 42.5 Å². The first-order valence-electron chi connectivity index (χ1n) is 25.7. The van der Waals surface area contributed by atoms with Crippen LogP contribution in [0.3, 0.4) is 0 Å². The average molecular weight is 1130 g/mol. The molecular weight excluding hydrogens is 1060 g/mol. The van der Waals surface area contributed by atoms with E-state index in [2.05, 4.69) is 47.6 Å². The molecule has 0 aromatic heterocycles. The number of aliphatic hydroxyl groups excluding tert-OH is 1. The zero-order chi connectivity index (χ0) is 58.9. The first-order chi connectivity index (χ1) is 38.9. The van der Waals surface area contributed by atoms with Gasteiger partial charge in [0.2, 0.25) is 24.2 Å². The highest BCUT2D eigenvalue weighted by Gasteiger charge is 2.57. The number of rotatable bonds is 28. The Hall–Kier alpha value is -8.90. The zero-order valence-corrected chi connectivity index (χ0v) is 45.2. The van der Waals surface area contributed by atoms with Crippen molar-refractivity contribution in [2.75, 3.05) is 51.4 Å². The predicted molar refractivity (Wildman–Crippen MR) is 288 cm³/mol. The molecule has 0 spiro atoms. The second kappa shape index (κ2) is 31.6. The van der Waals surface area contributed by atoms with Crippen LogP contribution >= 0.6 is 0 Å². The summed E-state index contributed by atoms with van der Waals surface area (Å²) >= 11 is 0. The third-order valence-electron chi connectivity index (χ3n) is 11.7. The molecule has 0 saturated carbocycles. The Morgan fingerprint density at radius 3 is 1.81 bits per heavy atom. The molecule has 4 amide bonds. The first kappa shape index (κ1) is 62.9. The normalized spacial score (nSPS) is 17.3. The second-order valence-electron chi connectivity index (χ2n) is 18.8. The van der Waals surface area contributed by atoms with Gasteiger partial charge in [-0.3, -0.25) is 9.59 Å². The fourth-order valence-electron chi connectivity index (χ4n) is 8.19. The molecule has 0 unspecified atom stereocenters. The SMILES string of the molecule is C=CCOC(=O)O[C@@H]1[C@@H](OC(=O)OCC=C)[C@H](Oc2ccc(CO)cc2NC(=O)CCNC(=O)[C@H](CCCCNC(=O)OCC2c3ccccc3-c3ccccc32)NC(=O)OC(C)(C)C)O[C@H](C(=O)OCC=C)[C@H]1OC(=O)OCC=C. The monoisotopic (exact) mass is 1130 g/mol. The summed E-state index contributed by atoms with van der Waals surface area (Å²) in [6.45, 7) is 16.9. The van der Waals surface area contributed by atoms with Crippen LogP contribution in [0.25, 0.3) is 11.1 Å². The Morgan fingerprint density at radius 1 is 0.667 bits per heavy atom. The minimum atomic E-state index is -2.04. The van der Waals surface area contributed by atoms with E-state index >= 15 is 0 Å². The number of esters is 1. The fraction of sp³-hybridized carbons (Fsp3) is 0.404. The molecule has 2 aliphatic rings. The highest BCUT2D eigenvalue weighted by atomic mass is 16.8. The molecule has 6 atom stereocenters. The van der Waals surface area contributed by atoms with E-state index in [1.807, 2.05) is 48.5 Å². The van der Waals surface area contributed by atoms with Gasteiger partial charge in [-0.1, -0.05) is 105 Å². The summed E-state index contributed by atoms with van der Waals surface area (Å²) in [6, 6.07) is 18.8. The minimum absolute atomic E-state index is 0.110. The quantitative estimate of drug-likeness (QED) is 0.0208. The number of unbranched alkanes of at least 4 members (excludes halogenated alkanes) is 1. The lowest BCUT2D eigenvalue weighted by Crippen LogP contribution is -2.64. The number of nitrogens with one attached hydrogen (secondary N) is 4. The molecule has 1 fully saturated rings. The summed E-state index contributed by atoms with van der Waals surface area (Å²) < 4.78 is 59.9. The number of anilines is 1. The highest BCUT2D eigenvalue weighted by molar-refractivity contribution is 5.93. The molecular formula is C57H68N4O20. The number of carbonyl (C=O) groups is 8. The van der Waals surface area contributed by atoms with Crippen LogP contribution in [-0.2, 0) is 68.4 Å². The third kappa shape index (κ3) is 19.5. The van der Waals surface area contributed by atoms with Gasteiger partial charge in [0, 0.05) is 25.4 Å². The number of carbonyl (C=O) groups excluding carboxylic acids is 8. The van der Waals surface area contributed by atoms with Gasteiger partial charge < -0.3 is 78.5 Å². The minimum Gasteiger partial charge on any atom is -0.459 e. The van der Waals surface area contributed by atoms with Gasteiger partial charge in [-0.2, -0.15) is 0 Å². The van der Waals surface area contributed by atoms with Crippen molar-refractivity contribution in [1.29, 1.82) is 0 Å². The lowest BCUT2D eigenvalue weighted by molar-refractivity contribution is -0.276. The van der Waals surface area contributed by atoms with Gasteiger partial charge in [0.1, 0.15) is 50.4 Å². The third-order valence-corrected chi connectivity index (χ3v) is 11.7. The van der Waals surface area contributed by atoms with Crippen LogP contribution in [-0.4, -0.2) is 142 Å². The summed E-state index contributed by atoms with van der Waals surface area (Å²) in [5.41, 5.74) is 3.56. The van der Waals surface area contributed by atoms with Gasteiger partial charge >= 0.3 is 36.6 Å². The van der Waals surface area contributed by atoms with Gasteiger partial charge in [0.05, 0.1) is 12.3 Å². The average Bonchev–Trinajstić information content (AvgIpc) is 4.04. The Kier molecular flexibility index (Phi) is 24.6. The topological polar surface area (TPSA) is 306 Å². The molecule has 24 heteroatoms. The van der Waals surface area contributed by atoms with Crippen molar-refractivity contribution in [3.05, 3.63) is 134 Å². The van der Waals surface area contributed by atoms with Crippen molar-refractivity contribution in [2.45, 2.75) is 101 Å². The van der Waals surface area contributed by atoms with Crippen LogP contribution in [0.5, 0.6) is 5.75 Å². The molecule has 0 radical (unpaired) electrons. The van der Waals surface area contributed by atoms with E-state index in [4.69, 9.17) is 52.1 Å². The van der Waals surface area contributed by atoms with Crippen LogP contribution in [0, 0.1) is 0 Å². The Balaban J connectivity index is 1.27. The van der Waals surface area contributed by atoms with Crippen LogP contribution in [0.4, 0.5) is 29.7 Å². The van der Waals surface area contributed by atoms with Crippen molar-refractivity contribution < 1.29 is 95.6 Å². The second-order valence-corrected chi connectivity index (χ2v) is 18.8. The van der Waals surface area contributed by atoms with Gasteiger partial charge in [-0.15, -0.1) is 0 Å².